The summed E-state index contributed by atoms with van der Waals surface area (Å²) >= 11 is 0. The highest BCUT2D eigenvalue weighted by Crippen LogP contribution is 2.69. The minimum atomic E-state index is -2.76. The molecule has 3 heterocycles. The molecule has 2 saturated carbocycles. The quantitative estimate of drug-likeness (QED) is 0.292. The SMILES string of the molecule is CC(=O)OC[C@]12[C@H](OC(C)=O)[C@H](OC(C)=O)[C@@H]3[C@@H](O)[C@@]14O[C@@]3(C)COC(=O)c1cccnc1CCC(C)C(=O)O[C@@H]([C@H](OC(C)=O)[C@@H]2OC(C)=O)[C@@]4(C)O. The van der Waals surface area contributed by atoms with Gasteiger partial charge in [0.05, 0.1) is 29.2 Å². The molecule has 296 valence electrons. The molecule has 1 unspecified atom stereocenters. The number of rotatable bonds is 6. The fourth-order valence-corrected chi connectivity index (χ4v) is 8.87. The minimum absolute atomic E-state index is 0.0466. The molecule has 4 bridgehead atoms. The van der Waals surface area contributed by atoms with Crippen LogP contribution in [0.5, 0.6) is 0 Å². The molecule has 2 N–H and O–H groups in total. The zero-order valence-electron chi connectivity index (χ0n) is 31.1. The topological polar surface area (TPSA) is 247 Å². The van der Waals surface area contributed by atoms with Crippen molar-refractivity contribution in [3.05, 3.63) is 29.6 Å². The van der Waals surface area contributed by atoms with Gasteiger partial charge < -0.3 is 48.1 Å². The summed E-state index contributed by atoms with van der Waals surface area (Å²) in [7, 11) is 0. The van der Waals surface area contributed by atoms with Gasteiger partial charge in [-0.25, -0.2) is 4.79 Å². The normalized spacial score (nSPS) is 38.6. The third-order valence-electron chi connectivity index (χ3n) is 10.9. The average molecular weight is 764 g/mol. The molecule has 0 aromatic carbocycles. The Morgan fingerprint density at radius 2 is 1.46 bits per heavy atom. The lowest BCUT2D eigenvalue weighted by atomic mass is 9.45. The first-order valence-corrected chi connectivity index (χ1v) is 17.4. The third kappa shape index (κ3) is 6.46. The molecule has 12 atom stereocenters. The van der Waals surface area contributed by atoms with Crippen molar-refractivity contribution in [3.63, 3.8) is 0 Å². The van der Waals surface area contributed by atoms with E-state index in [2.05, 4.69) is 4.98 Å². The van der Waals surface area contributed by atoms with E-state index in [1.54, 1.807) is 0 Å². The number of aromatic nitrogens is 1. The van der Waals surface area contributed by atoms with Gasteiger partial charge in [0, 0.05) is 40.8 Å². The lowest BCUT2D eigenvalue weighted by molar-refractivity contribution is -0.386. The van der Waals surface area contributed by atoms with Gasteiger partial charge in [-0.3, -0.25) is 33.8 Å². The molecule has 1 aromatic heterocycles. The molecule has 2 aliphatic heterocycles. The fourth-order valence-electron chi connectivity index (χ4n) is 8.87. The van der Waals surface area contributed by atoms with Gasteiger partial charge >= 0.3 is 41.8 Å². The van der Waals surface area contributed by atoms with Crippen LogP contribution in [-0.4, -0.2) is 124 Å². The van der Waals surface area contributed by atoms with Crippen LogP contribution in [-0.2, 0) is 73.1 Å². The molecule has 0 radical (unpaired) electrons. The van der Waals surface area contributed by atoms with E-state index in [-0.39, 0.29) is 24.1 Å². The lowest BCUT2D eigenvalue weighted by Crippen LogP contribution is -2.89. The summed E-state index contributed by atoms with van der Waals surface area (Å²) in [6, 6.07) is 2.97. The predicted molar refractivity (Wildman–Crippen MR) is 176 cm³/mol. The summed E-state index contributed by atoms with van der Waals surface area (Å²) in [5.41, 5.74) is -9.71. The van der Waals surface area contributed by atoms with Crippen molar-refractivity contribution in [2.24, 2.45) is 17.3 Å². The van der Waals surface area contributed by atoms with E-state index in [9.17, 15) is 43.8 Å². The molecule has 2 aliphatic carbocycles. The zero-order valence-corrected chi connectivity index (χ0v) is 31.1. The highest BCUT2D eigenvalue weighted by Gasteiger charge is 2.90. The Bertz CT molecular complexity index is 1730. The predicted octanol–water partition coefficient (Wildman–Crippen LogP) is 0.292. The van der Waals surface area contributed by atoms with Gasteiger partial charge in [-0.1, -0.05) is 6.92 Å². The van der Waals surface area contributed by atoms with E-state index in [1.807, 2.05) is 0 Å². The summed E-state index contributed by atoms with van der Waals surface area (Å²) in [6.07, 6.45) is -10.3. The highest BCUT2D eigenvalue weighted by atomic mass is 16.7. The number of aliphatic hydroxyl groups excluding tert-OH is 1. The zero-order chi connectivity index (χ0) is 40.1. The van der Waals surface area contributed by atoms with E-state index in [0.717, 1.165) is 41.5 Å². The van der Waals surface area contributed by atoms with Crippen molar-refractivity contribution >= 4 is 41.8 Å². The van der Waals surface area contributed by atoms with Crippen LogP contribution in [0, 0.1) is 17.3 Å². The number of hydrogen-bond donors (Lipinski definition) is 2. The lowest BCUT2D eigenvalue weighted by Gasteiger charge is -2.67. The van der Waals surface area contributed by atoms with Gasteiger partial charge in [0.1, 0.15) is 41.5 Å². The third-order valence-corrected chi connectivity index (χ3v) is 10.9. The monoisotopic (exact) mass is 763 g/mol. The van der Waals surface area contributed by atoms with E-state index >= 15 is 0 Å². The van der Waals surface area contributed by atoms with Crippen LogP contribution in [0.15, 0.2) is 18.3 Å². The molecule has 18 heteroatoms. The molecule has 18 nitrogen and oxygen atoms in total. The summed E-state index contributed by atoms with van der Waals surface area (Å²) in [5.74, 6) is -9.34. The molecule has 1 aromatic rings. The van der Waals surface area contributed by atoms with E-state index in [0.29, 0.717) is 0 Å². The van der Waals surface area contributed by atoms with Crippen molar-refractivity contribution in [1.82, 2.24) is 4.98 Å². The van der Waals surface area contributed by atoms with Crippen LogP contribution in [0.3, 0.4) is 0 Å². The smallest absolute Gasteiger partial charge is 0.340 e. The molecule has 0 amide bonds. The van der Waals surface area contributed by atoms with Gasteiger partial charge in [0.25, 0.3) is 0 Å². The van der Waals surface area contributed by atoms with Crippen LogP contribution in [0.4, 0.5) is 0 Å². The van der Waals surface area contributed by atoms with Crippen LogP contribution >= 0.6 is 0 Å². The van der Waals surface area contributed by atoms with Gasteiger partial charge in [0.2, 0.25) is 0 Å². The second kappa shape index (κ2) is 14.5. The summed E-state index contributed by atoms with van der Waals surface area (Å²) in [4.78, 5) is 96.5. The number of nitrogens with zero attached hydrogens (tertiary/aromatic N) is 1. The van der Waals surface area contributed by atoms with Gasteiger partial charge in [-0.05, 0) is 38.8 Å². The van der Waals surface area contributed by atoms with Crippen molar-refractivity contribution in [3.8, 4) is 0 Å². The Kier molecular flexibility index (Phi) is 10.9. The van der Waals surface area contributed by atoms with Crippen molar-refractivity contribution < 1.29 is 81.7 Å². The Hall–Kier alpha value is -4.68. The highest BCUT2D eigenvalue weighted by molar-refractivity contribution is 5.90. The average Bonchev–Trinajstić information content (AvgIpc) is 3.27. The number of hydrogen-bond acceptors (Lipinski definition) is 18. The van der Waals surface area contributed by atoms with Gasteiger partial charge in [0.15, 0.2) is 24.4 Å². The Labute approximate surface area is 310 Å². The van der Waals surface area contributed by atoms with Gasteiger partial charge in [-0.2, -0.15) is 0 Å². The maximum Gasteiger partial charge on any atom is 0.340 e. The first-order chi connectivity index (χ1) is 25.1. The first-order valence-electron chi connectivity index (χ1n) is 17.4. The van der Waals surface area contributed by atoms with Crippen molar-refractivity contribution in [1.29, 1.82) is 0 Å². The summed E-state index contributed by atoms with van der Waals surface area (Å²) < 4.78 is 47.5. The number of esters is 7. The summed E-state index contributed by atoms with van der Waals surface area (Å²) in [5, 5.41) is 25.8. The largest absolute Gasteiger partial charge is 0.465 e. The molecule has 3 fully saturated rings. The number of cyclic esters (lactones) is 1. The van der Waals surface area contributed by atoms with Crippen LogP contribution in [0.2, 0.25) is 0 Å². The van der Waals surface area contributed by atoms with Crippen LogP contribution < -0.4 is 0 Å². The van der Waals surface area contributed by atoms with Crippen LogP contribution in [0.25, 0.3) is 0 Å². The number of aryl methyl sites for hydroxylation is 1. The second-order valence-corrected chi connectivity index (χ2v) is 14.7. The van der Waals surface area contributed by atoms with E-state index in [1.165, 1.54) is 32.2 Å². The Morgan fingerprint density at radius 1 is 0.889 bits per heavy atom. The number of pyridine rings is 1. The maximum atomic E-state index is 14.0. The number of ether oxygens (including phenoxy) is 8. The van der Waals surface area contributed by atoms with Crippen LogP contribution in [0.1, 0.15) is 77.9 Å². The minimum Gasteiger partial charge on any atom is -0.465 e. The van der Waals surface area contributed by atoms with Gasteiger partial charge in [-0.15, -0.1) is 0 Å². The second-order valence-electron chi connectivity index (χ2n) is 14.7. The number of fused-ring (bicyclic) bond motifs is 5. The molecular weight excluding hydrogens is 718 g/mol. The molecule has 1 spiro atoms. The Balaban J connectivity index is 1.93. The Morgan fingerprint density at radius 3 is 2.04 bits per heavy atom. The molecule has 5 rings (SSSR count). The molecular formula is C36H45NO17. The number of carbonyl (C=O) groups excluding carboxylic acids is 7. The molecule has 4 aliphatic rings. The van der Waals surface area contributed by atoms with E-state index in [4.69, 9.17) is 37.9 Å². The number of carbonyl (C=O) groups is 7. The first kappa shape index (κ1) is 40.5. The standard InChI is InChI=1S/C36H45NO17/c1-16-11-12-23-22(10-9-13-37-23)32(45)48-14-33(7)24-25(49-18(3)39)29(51-20(5)41)35(15-47-17(2)38)30(52-21(6)42)26(50-19(4)40)28(53-31(16)44)34(8,46)36(35,54-33)27(24)43/h9-10,13,16,24-30,43,46H,11-12,14-15H2,1-8H3/t16?,24-,25-,26+,27-,28+,29-,30+,33+,34-,35-,36+/m1/s1. The van der Waals surface area contributed by atoms with E-state index < -0.39 is 126 Å². The summed E-state index contributed by atoms with van der Waals surface area (Å²) in [6.45, 7) is 7.22. The molecule has 1 saturated heterocycles. The maximum absolute atomic E-state index is 14.0. The molecule has 54 heavy (non-hydrogen) atoms. The fraction of sp³-hybridized carbons (Fsp3) is 0.667. The van der Waals surface area contributed by atoms with Crippen molar-refractivity contribution in [2.45, 2.75) is 122 Å². The number of aliphatic hydroxyl groups is 2. The van der Waals surface area contributed by atoms with Crippen molar-refractivity contribution in [2.75, 3.05) is 13.2 Å².